The van der Waals surface area contributed by atoms with Gasteiger partial charge in [-0.25, -0.2) is 4.39 Å². The van der Waals surface area contributed by atoms with Crippen LogP contribution in [0.3, 0.4) is 0 Å². The first-order valence-electron chi connectivity index (χ1n) is 4.38. The molecule has 0 spiro atoms. The summed E-state index contributed by atoms with van der Waals surface area (Å²) in [4.78, 5) is 11.4. The summed E-state index contributed by atoms with van der Waals surface area (Å²) in [6, 6.07) is 3.93. The van der Waals surface area contributed by atoms with Crippen LogP contribution in [0, 0.1) is 5.82 Å². The Labute approximate surface area is 92.7 Å². The van der Waals surface area contributed by atoms with E-state index in [2.05, 4.69) is 11.9 Å². The van der Waals surface area contributed by atoms with Gasteiger partial charge in [-0.2, -0.15) is 0 Å². The molecule has 1 amide bonds. The van der Waals surface area contributed by atoms with Crippen molar-refractivity contribution in [3.05, 3.63) is 46.8 Å². The van der Waals surface area contributed by atoms with E-state index in [-0.39, 0.29) is 10.6 Å². The van der Waals surface area contributed by atoms with E-state index in [1.54, 1.807) is 6.92 Å². The van der Waals surface area contributed by atoms with Crippen LogP contribution in [0.2, 0.25) is 5.02 Å². The minimum atomic E-state index is -0.623. The summed E-state index contributed by atoms with van der Waals surface area (Å²) in [7, 11) is 0. The summed E-state index contributed by atoms with van der Waals surface area (Å²) in [6.45, 7) is 5.74. The van der Waals surface area contributed by atoms with Crippen LogP contribution in [0.15, 0.2) is 30.4 Å². The number of carbonyl (C=O) groups is 1. The van der Waals surface area contributed by atoms with Gasteiger partial charge in [0.2, 0.25) is 0 Å². The highest BCUT2D eigenvalue weighted by Gasteiger charge is 2.10. The Morgan fingerprint density at radius 3 is 2.80 bits per heavy atom. The van der Waals surface area contributed by atoms with Crippen LogP contribution in [-0.2, 0) is 0 Å². The molecule has 0 atom stereocenters. The minimum Gasteiger partial charge on any atom is -0.348 e. The molecule has 0 aliphatic heterocycles. The van der Waals surface area contributed by atoms with Gasteiger partial charge in [-0.3, -0.25) is 4.79 Å². The van der Waals surface area contributed by atoms with Crippen LogP contribution in [0.4, 0.5) is 4.39 Å². The normalized spacial score (nSPS) is 9.80. The van der Waals surface area contributed by atoms with Gasteiger partial charge in [0.1, 0.15) is 5.82 Å². The zero-order chi connectivity index (χ0) is 11.4. The highest BCUT2D eigenvalue weighted by molar-refractivity contribution is 6.30. The summed E-state index contributed by atoms with van der Waals surface area (Å²) in [5, 5.41) is 2.80. The summed E-state index contributed by atoms with van der Waals surface area (Å²) >= 11 is 5.56. The molecule has 0 heterocycles. The molecule has 15 heavy (non-hydrogen) atoms. The van der Waals surface area contributed by atoms with Crippen LogP contribution in [0.25, 0.3) is 0 Å². The number of benzene rings is 1. The number of carbonyl (C=O) groups excluding carboxylic acids is 1. The molecule has 0 aliphatic rings. The van der Waals surface area contributed by atoms with Crippen molar-refractivity contribution in [3.63, 3.8) is 0 Å². The maximum atomic E-state index is 13.3. The number of hydrogen-bond acceptors (Lipinski definition) is 1. The van der Waals surface area contributed by atoms with Crippen molar-refractivity contribution in [2.45, 2.75) is 6.92 Å². The molecule has 0 unspecified atom stereocenters. The lowest BCUT2D eigenvalue weighted by Gasteiger charge is -2.05. The molecule has 0 radical (unpaired) electrons. The molecule has 1 N–H and O–H groups in total. The van der Waals surface area contributed by atoms with Gasteiger partial charge in [0.25, 0.3) is 5.91 Å². The molecule has 0 saturated heterocycles. The Morgan fingerprint density at radius 1 is 1.60 bits per heavy atom. The average molecular weight is 228 g/mol. The van der Waals surface area contributed by atoms with Crippen molar-refractivity contribution in [2.75, 3.05) is 6.54 Å². The molecule has 4 heteroatoms. The van der Waals surface area contributed by atoms with E-state index in [0.29, 0.717) is 6.54 Å². The molecule has 0 fully saturated rings. The van der Waals surface area contributed by atoms with E-state index in [1.165, 1.54) is 12.1 Å². The third-order valence-electron chi connectivity index (χ3n) is 1.73. The van der Waals surface area contributed by atoms with Crippen LogP contribution in [0.1, 0.15) is 17.3 Å². The molecule has 1 aromatic carbocycles. The topological polar surface area (TPSA) is 29.1 Å². The van der Waals surface area contributed by atoms with E-state index < -0.39 is 11.7 Å². The highest BCUT2D eigenvalue weighted by Crippen LogP contribution is 2.14. The summed E-state index contributed by atoms with van der Waals surface area (Å²) in [5.41, 5.74) is 0.790. The fraction of sp³-hybridized carbons (Fsp3) is 0.182. The lowest BCUT2D eigenvalue weighted by atomic mass is 10.2. The fourth-order valence-corrected chi connectivity index (χ4v) is 1.16. The minimum absolute atomic E-state index is 0.0133. The van der Waals surface area contributed by atoms with E-state index in [0.717, 1.165) is 11.6 Å². The van der Waals surface area contributed by atoms with Crippen LogP contribution < -0.4 is 5.32 Å². The third-order valence-corrected chi connectivity index (χ3v) is 1.96. The molecule has 80 valence electrons. The quantitative estimate of drug-likeness (QED) is 0.791. The largest absolute Gasteiger partial charge is 0.348 e. The molecule has 0 aliphatic carbocycles. The lowest BCUT2D eigenvalue weighted by molar-refractivity contribution is 0.0953. The van der Waals surface area contributed by atoms with Gasteiger partial charge in [-0.15, -0.1) is 0 Å². The van der Waals surface area contributed by atoms with Crippen molar-refractivity contribution >= 4 is 17.5 Å². The molecule has 0 aromatic heterocycles. The first kappa shape index (κ1) is 11.7. The predicted molar refractivity (Wildman–Crippen MR) is 58.6 cm³/mol. The SMILES string of the molecule is C=C(C)CNC(=O)c1ccc(Cl)cc1F. The van der Waals surface area contributed by atoms with E-state index >= 15 is 0 Å². The maximum absolute atomic E-state index is 13.3. The van der Waals surface area contributed by atoms with E-state index in [4.69, 9.17) is 11.6 Å². The number of hydrogen-bond donors (Lipinski definition) is 1. The van der Waals surface area contributed by atoms with E-state index in [9.17, 15) is 9.18 Å². The second-order valence-corrected chi connectivity index (χ2v) is 3.70. The van der Waals surface area contributed by atoms with Crippen molar-refractivity contribution in [3.8, 4) is 0 Å². The van der Waals surface area contributed by atoms with Crippen LogP contribution in [0.5, 0.6) is 0 Å². The molecular weight excluding hydrogens is 217 g/mol. The second-order valence-electron chi connectivity index (χ2n) is 3.26. The van der Waals surface area contributed by atoms with Crippen LogP contribution in [-0.4, -0.2) is 12.5 Å². The Balaban J connectivity index is 2.78. The van der Waals surface area contributed by atoms with Gasteiger partial charge in [0, 0.05) is 11.6 Å². The second kappa shape index (κ2) is 4.94. The Bertz CT molecular complexity index is 404. The molecule has 0 saturated carbocycles. The van der Waals surface area contributed by atoms with Gasteiger partial charge >= 0.3 is 0 Å². The fourth-order valence-electron chi connectivity index (χ4n) is 1.00. The monoisotopic (exact) mass is 227 g/mol. The van der Waals surface area contributed by atoms with Crippen molar-refractivity contribution in [1.82, 2.24) is 5.32 Å². The molecule has 2 nitrogen and oxygen atoms in total. The van der Waals surface area contributed by atoms with Gasteiger partial charge in [-0.05, 0) is 25.1 Å². The van der Waals surface area contributed by atoms with Crippen molar-refractivity contribution < 1.29 is 9.18 Å². The Hall–Kier alpha value is -1.35. The molecule has 0 bridgehead atoms. The number of nitrogens with one attached hydrogen (secondary N) is 1. The molecular formula is C11H11ClFNO. The zero-order valence-corrected chi connectivity index (χ0v) is 9.07. The number of halogens is 2. The third kappa shape index (κ3) is 3.36. The smallest absolute Gasteiger partial charge is 0.254 e. The van der Waals surface area contributed by atoms with Crippen molar-refractivity contribution in [2.24, 2.45) is 0 Å². The predicted octanol–water partition coefficient (Wildman–Crippen LogP) is 2.79. The standard InChI is InChI=1S/C11H11ClFNO/c1-7(2)6-14-11(15)9-4-3-8(12)5-10(9)13/h3-5H,1,6H2,2H3,(H,14,15). The number of rotatable bonds is 3. The first-order chi connectivity index (χ1) is 7.00. The molecule has 1 rings (SSSR count). The Morgan fingerprint density at radius 2 is 2.27 bits per heavy atom. The lowest BCUT2D eigenvalue weighted by Crippen LogP contribution is -2.25. The van der Waals surface area contributed by atoms with Gasteiger partial charge in [0.05, 0.1) is 5.56 Å². The maximum Gasteiger partial charge on any atom is 0.254 e. The van der Waals surface area contributed by atoms with Gasteiger partial charge in [-0.1, -0.05) is 23.8 Å². The summed E-state index contributed by atoms with van der Waals surface area (Å²) in [6.07, 6.45) is 0. The molecule has 1 aromatic rings. The van der Waals surface area contributed by atoms with Crippen LogP contribution >= 0.6 is 11.6 Å². The van der Waals surface area contributed by atoms with Gasteiger partial charge in [0.15, 0.2) is 0 Å². The zero-order valence-electron chi connectivity index (χ0n) is 8.31. The average Bonchev–Trinajstić information content (AvgIpc) is 2.14. The highest BCUT2D eigenvalue weighted by atomic mass is 35.5. The number of amides is 1. The van der Waals surface area contributed by atoms with Crippen molar-refractivity contribution in [1.29, 1.82) is 0 Å². The van der Waals surface area contributed by atoms with Gasteiger partial charge < -0.3 is 5.32 Å². The Kier molecular flexibility index (Phi) is 3.86. The first-order valence-corrected chi connectivity index (χ1v) is 4.76. The van der Waals surface area contributed by atoms with E-state index in [1.807, 2.05) is 0 Å². The summed E-state index contributed by atoms with van der Waals surface area (Å²) < 4.78 is 13.3. The summed E-state index contributed by atoms with van der Waals surface area (Å²) in [5.74, 6) is -1.09.